The molecule has 1 saturated carbocycles. The minimum atomic E-state index is -3.94. The average Bonchev–Trinajstić information content (AvgIpc) is 3.36. The molecule has 1 unspecified atom stereocenters. The molecule has 196 valence electrons. The average molecular weight is 519 g/mol. The molecule has 1 aromatic heterocycles. The van der Waals surface area contributed by atoms with Crippen molar-refractivity contribution in [1.29, 1.82) is 0 Å². The molecule has 0 spiro atoms. The third kappa shape index (κ3) is 6.63. The van der Waals surface area contributed by atoms with E-state index >= 15 is 0 Å². The van der Waals surface area contributed by atoms with Crippen molar-refractivity contribution >= 4 is 33.3 Å². The van der Waals surface area contributed by atoms with Gasteiger partial charge in [-0.2, -0.15) is 4.31 Å². The number of amides is 2. The van der Waals surface area contributed by atoms with E-state index in [4.69, 9.17) is 4.74 Å². The zero-order valence-electron chi connectivity index (χ0n) is 20.4. The number of ether oxygens (including phenoxy) is 1. The van der Waals surface area contributed by atoms with Crippen LogP contribution >= 0.6 is 0 Å². The second kappa shape index (κ2) is 12.2. The van der Waals surface area contributed by atoms with E-state index in [1.54, 1.807) is 12.1 Å². The molecule has 1 aromatic rings. The zero-order valence-corrected chi connectivity index (χ0v) is 21.2. The van der Waals surface area contributed by atoms with E-state index in [2.05, 4.69) is 15.3 Å². The number of ketones is 1. The third-order valence-corrected chi connectivity index (χ3v) is 8.84. The zero-order chi connectivity index (χ0) is 25.5. The van der Waals surface area contributed by atoms with Gasteiger partial charge in [0.15, 0.2) is 10.8 Å². The van der Waals surface area contributed by atoms with Crippen LogP contribution in [0.15, 0.2) is 34.4 Å². The number of carbonyl (C=O) groups excluding carboxylic acids is 3. The van der Waals surface area contributed by atoms with Gasteiger partial charge in [0.2, 0.25) is 5.91 Å². The fourth-order valence-electron chi connectivity index (χ4n) is 5.09. The van der Waals surface area contributed by atoms with Gasteiger partial charge in [0.25, 0.3) is 15.9 Å². The molecule has 2 aliphatic heterocycles. The minimum absolute atomic E-state index is 0.0544. The fraction of sp³-hybridized carbons (Fsp3) is 0.640. The van der Waals surface area contributed by atoms with Crippen molar-refractivity contribution in [3.05, 3.63) is 24.4 Å². The molecule has 36 heavy (non-hydrogen) atoms. The van der Waals surface area contributed by atoms with Gasteiger partial charge in [-0.1, -0.05) is 38.2 Å². The Bertz CT molecular complexity index is 1080. The molecule has 2 atom stereocenters. The number of pyridine rings is 1. The van der Waals surface area contributed by atoms with E-state index in [1.165, 1.54) is 18.7 Å². The lowest BCUT2D eigenvalue weighted by atomic mass is 9.84. The van der Waals surface area contributed by atoms with Gasteiger partial charge in [0, 0.05) is 19.3 Å². The predicted molar refractivity (Wildman–Crippen MR) is 132 cm³/mol. The van der Waals surface area contributed by atoms with Crippen LogP contribution in [-0.2, 0) is 29.1 Å². The summed E-state index contributed by atoms with van der Waals surface area (Å²) in [5.41, 5.74) is 0.0544. The highest BCUT2D eigenvalue weighted by molar-refractivity contribution is 7.89. The number of nitrogens with zero attached hydrogens (tertiary/aromatic N) is 3. The summed E-state index contributed by atoms with van der Waals surface area (Å²) in [6.45, 7) is 0.244. The number of hydrogen-bond acceptors (Lipinski definition) is 7. The Morgan fingerprint density at radius 3 is 2.64 bits per heavy atom. The predicted octanol–water partition coefficient (Wildman–Crippen LogP) is 2.04. The van der Waals surface area contributed by atoms with Gasteiger partial charge in [0.05, 0.1) is 12.3 Å². The van der Waals surface area contributed by atoms with Crippen LogP contribution in [0.4, 0.5) is 0 Å². The maximum absolute atomic E-state index is 13.3. The summed E-state index contributed by atoms with van der Waals surface area (Å²) in [5.74, 6) is -1.08. The first-order chi connectivity index (χ1) is 17.3. The summed E-state index contributed by atoms with van der Waals surface area (Å²) >= 11 is 0. The summed E-state index contributed by atoms with van der Waals surface area (Å²) in [7, 11) is -3.94. The summed E-state index contributed by atoms with van der Waals surface area (Å²) in [6, 6.07) is 3.74. The molecule has 4 rings (SSSR count). The molecule has 11 heteroatoms. The largest absolute Gasteiger partial charge is 0.368 e. The normalized spacial score (nSPS) is 24.4. The lowest BCUT2D eigenvalue weighted by molar-refractivity contribution is -0.134. The molecule has 3 aliphatic rings. The molecule has 3 fully saturated rings. The second-order valence-electron chi connectivity index (χ2n) is 9.73. The van der Waals surface area contributed by atoms with E-state index in [1.807, 2.05) is 0 Å². The van der Waals surface area contributed by atoms with E-state index < -0.39 is 40.4 Å². The van der Waals surface area contributed by atoms with E-state index in [0.717, 1.165) is 36.4 Å². The Morgan fingerprint density at radius 2 is 1.94 bits per heavy atom. The highest BCUT2D eigenvalue weighted by Crippen LogP contribution is 2.28. The number of Topliss-reactive ketones (excluding diaryl/α,β-unsaturated/α-hetero) is 1. The topological polar surface area (TPSA) is 135 Å². The number of carbonyl (C=O) groups is 3. The molecule has 1 N–H and O–H groups in total. The van der Waals surface area contributed by atoms with E-state index in [9.17, 15) is 22.8 Å². The van der Waals surface area contributed by atoms with Crippen molar-refractivity contribution in [2.75, 3.05) is 19.7 Å². The molecule has 1 aliphatic carbocycles. The number of hydrogen-bond donors (Lipinski definition) is 1. The van der Waals surface area contributed by atoms with Crippen molar-refractivity contribution < 1.29 is 27.5 Å². The fourth-order valence-corrected chi connectivity index (χ4v) is 6.45. The SMILES string of the molecule is O=C1CN(S(=O)(=O)c2ccccn2)CCCC1=NC(=O)C(CC1CCCCC1)NC(=O)[C@H]1CCCO1. The molecule has 0 radical (unpaired) electrons. The molecule has 2 amide bonds. The Morgan fingerprint density at radius 1 is 1.14 bits per heavy atom. The highest BCUT2D eigenvalue weighted by Gasteiger charge is 2.34. The first-order valence-electron chi connectivity index (χ1n) is 12.8. The van der Waals surface area contributed by atoms with Crippen LogP contribution in [0.3, 0.4) is 0 Å². The third-order valence-electron chi connectivity index (χ3n) is 7.08. The van der Waals surface area contributed by atoms with Gasteiger partial charge in [-0.25, -0.2) is 18.4 Å². The van der Waals surface area contributed by atoms with Gasteiger partial charge >= 0.3 is 0 Å². The molecule has 3 heterocycles. The van der Waals surface area contributed by atoms with E-state index in [-0.39, 0.29) is 29.6 Å². The molecule has 2 saturated heterocycles. The van der Waals surface area contributed by atoms with Crippen LogP contribution in [-0.4, -0.2) is 72.9 Å². The van der Waals surface area contributed by atoms with Crippen molar-refractivity contribution in [1.82, 2.24) is 14.6 Å². The van der Waals surface area contributed by atoms with Crippen molar-refractivity contribution in [2.45, 2.75) is 81.4 Å². The van der Waals surface area contributed by atoms with Crippen LogP contribution in [0, 0.1) is 5.92 Å². The minimum Gasteiger partial charge on any atom is -0.368 e. The molecule has 0 aromatic carbocycles. The van der Waals surface area contributed by atoms with Crippen LogP contribution < -0.4 is 5.32 Å². The first kappa shape index (κ1) is 26.6. The van der Waals surface area contributed by atoms with Gasteiger partial charge in [-0.05, 0) is 50.2 Å². The van der Waals surface area contributed by atoms with Crippen LogP contribution in [0.5, 0.6) is 0 Å². The van der Waals surface area contributed by atoms with Crippen LogP contribution in [0.1, 0.15) is 64.2 Å². The van der Waals surface area contributed by atoms with Crippen LogP contribution in [0.25, 0.3) is 0 Å². The number of nitrogens with one attached hydrogen (secondary N) is 1. The molecular formula is C25H34N4O6S. The Kier molecular flexibility index (Phi) is 8.97. The van der Waals surface area contributed by atoms with Gasteiger partial charge in [0.1, 0.15) is 12.1 Å². The lowest BCUT2D eigenvalue weighted by Gasteiger charge is -2.26. The summed E-state index contributed by atoms with van der Waals surface area (Å²) in [4.78, 5) is 47.0. The maximum atomic E-state index is 13.3. The molecule has 10 nitrogen and oxygen atoms in total. The lowest BCUT2D eigenvalue weighted by Crippen LogP contribution is -2.46. The standard InChI is InChI=1S/C25H34N4O6S/c30-21-17-29(36(33,34)23-12-4-5-13-26-23)14-6-10-19(21)27-24(31)20(16-18-8-2-1-3-9-18)28-25(32)22-11-7-15-35-22/h4-5,12-13,18,20,22H,1-3,6-11,14-17H2,(H,28,32)/t20?,22-/m1/s1. The highest BCUT2D eigenvalue weighted by atomic mass is 32.2. The van der Waals surface area contributed by atoms with Crippen molar-refractivity contribution in [2.24, 2.45) is 10.9 Å². The smallest absolute Gasteiger partial charge is 0.268 e. The van der Waals surface area contributed by atoms with Crippen molar-refractivity contribution in [3.63, 3.8) is 0 Å². The van der Waals surface area contributed by atoms with Crippen molar-refractivity contribution in [3.8, 4) is 0 Å². The van der Waals surface area contributed by atoms with Gasteiger partial charge < -0.3 is 10.1 Å². The summed E-state index contributed by atoms with van der Waals surface area (Å²) in [6.07, 6.45) is 8.60. The number of aliphatic imine (C=N–C) groups is 1. The summed E-state index contributed by atoms with van der Waals surface area (Å²) in [5, 5.41) is 2.71. The first-order valence-corrected chi connectivity index (χ1v) is 14.3. The monoisotopic (exact) mass is 518 g/mol. The number of rotatable bonds is 7. The quantitative estimate of drug-likeness (QED) is 0.583. The number of aromatic nitrogens is 1. The van der Waals surface area contributed by atoms with Crippen LogP contribution in [0.2, 0.25) is 0 Å². The Labute approximate surface area is 211 Å². The Hall–Kier alpha value is -2.50. The van der Waals surface area contributed by atoms with Gasteiger partial charge in [-0.3, -0.25) is 14.4 Å². The van der Waals surface area contributed by atoms with E-state index in [0.29, 0.717) is 31.8 Å². The number of sulfonamides is 1. The molecule has 0 bridgehead atoms. The summed E-state index contributed by atoms with van der Waals surface area (Å²) < 4.78 is 32.4. The maximum Gasteiger partial charge on any atom is 0.268 e. The van der Waals surface area contributed by atoms with Gasteiger partial charge in [-0.15, -0.1) is 0 Å². The second-order valence-corrected chi connectivity index (χ2v) is 11.6. The Balaban J connectivity index is 1.48. The molecular weight excluding hydrogens is 484 g/mol.